The number of likely N-dealkylation sites (N-methyl/N-ethyl adjacent to an activating group) is 1. The number of rotatable bonds is 7. The summed E-state index contributed by atoms with van der Waals surface area (Å²) in [7, 11) is -0.317. The third kappa shape index (κ3) is 4.97. The molecule has 2 aliphatic rings. The molecular weight excluding hydrogens is 510 g/mol. The predicted molar refractivity (Wildman–Crippen MR) is 145 cm³/mol. The minimum atomic E-state index is -3.87. The fourth-order valence-corrected chi connectivity index (χ4v) is 8.04. The molecular formula is C26H33N5O4S2. The number of sulfonamides is 1. The van der Waals surface area contributed by atoms with Crippen molar-refractivity contribution in [3.05, 3.63) is 35.9 Å². The van der Waals surface area contributed by atoms with Crippen molar-refractivity contribution in [2.75, 3.05) is 45.2 Å². The number of ether oxygens (including phenoxy) is 1. The topological polar surface area (TPSA) is 95.9 Å². The number of methoxy groups -OCH3 is 1. The van der Waals surface area contributed by atoms with Gasteiger partial charge < -0.3 is 9.64 Å². The highest BCUT2D eigenvalue weighted by Crippen LogP contribution is 2.44. The van der Waals surface area contributed by atoms with Gasteiger partial charge in [-0.05, 0) is 43.5 Å². The van der Waals surface area contributed by atoms with Gasteiger partial charge in [0.25, 0.3) is 0 Å². The van der Waals surface area contributed by atoms with Gasteiger partial charge in [0.15, 0.2) is 5.13 Å². The van der Waals surface area contributed by atoms with Crippen LogP contribution in [0.15, 0.2) is 35.2 Å². The molecule has 1 aliphatic heterocycles. The van der Waals surface area contributed by atoms with Crippen molar-refractivity contribution < 1.29 is 17.9 Å². The maximum atomic E-state index is 14.3. The number of nitrogens with zero attached hydrogens (tertiary/aromatic N) is 5. The lowest BCUT2D eigenvalue weighted by Gasteiger charge is -2.34. The molecule has 1 amide bonds. The highest BCUT2D eigenvalue weighted by molar-refractivity contribution is 7.89. The Bertz CT molecular complexity index is 1390. The van der Waals surface area contributed by atoms with Gasteiger partial charge in [-0.1, -0.05) is 43.2 Å². The van der Waals surface area contributed by atoms with Crippen LogP contribution in [-0.2, 0) is 14.8 Å². The highest BCUT2D eigenvalue weighted by Gasteiger charge is 2.37. The van der Waals surface area contributed by atoms with Gasteiger partial charge in [-0.3, -0.25) is 9.69 Å². The lowest BCUT2D eigenvalue weighted by atomic mass is 9.97. The molecule has 0 atom stereocenters. The molecule has 0 N–H and O–H groups in total. The van der Waals surface area contributed by atoms with Gasteiger partial charge in [0.1, 0.15) is 15.2 Å². The van der Waals surface area contributed by atoms with E-state index in [9.17, 15) is 13.2 Å². The number of hydrogen-bond acceptors (Lipinski definition) is 8. The summed E-state index contributed by atoms with van der Waals surface area (Å²) in [5, 5.41) is 0.404. The van der Waals surface area contributed by atoms with Crippen LogP contribution in [0.5, 0.6) is 5.88 Å². The zero-order chi connectivity index (χ0) is 26.2. The first-order valence-electron chi connectivity index (χ1n) is 12.8. The fraction of sp³-hybridized carbons (Fsp3) is 0.500. The van der Waals surface area contributed by atoms with Crippen LogP contribution in [0.1, 0.15) is 50.5 Å². The number of pyridine rings is 1. The fourth-order valence-electron chi connectivity index (χ4n) is 5.22. The average molecular weight is 544 g/mol. The Morgan fingerprint density at radius 2 is 1.84 bits per heavy atom. The van der Waals surface area contributed by atoms with Crippen molar-refractivity contribution >= 4 is 48.4 Å². The summed E-state index contributed by atoms with van der Waals surface area (Å²) in [4.78, 5) is 27.1. The van der Waals surface area contributed by atoms with E-state index in [1.54, 1.807) is 36.5 Å². The van der Waals surface area contributed by atoms with Crippen molar-refractivity contribution in [1.29, 1.82) is 0 Å². The number of fused-ring (bicyclic) bond motifs is 1. The first-order chi connectivity index (χ1) is 17.8. The molecule has 198 valence electrons. The second-order valence-electron chi connectivity index (χ2n) is 9.64. The number of anilines is 2. The molecule has 1 saturated carbocycles. The van der Waals surface area contributed by atoms with Crippen LogP contribution < -0.4 is 9.64 Å². The number of thiazole rings is 1. The minimum absolute atomic E-state index is 0.150. The summed E-state index contributed by atoms with van der Waals surface area (Å²) >= 11 is 1.25. The maximum Gasteiger partial charge on any atom is 0.245 e. The highest BCUT2D eigenvalue weighted by atomic mass is 32.2. The number of piperazine rings is 1. The Labute approximate surface area is 222 Å². The van der Waals surface area contributed by atoms with E-state index >= 15 is 0 Å². The van der Waals surface area contributed by atoms with E-state index in [1.807, 2.05) is 19.2 Å². The summed E-state index contributed by atoms with van der Waals surface area (Å²) in [6, 6.07) is 9.07. The van der Waals surface area contributed by atoms with Crippen LogP contribution in [0.3, 0.4) is 0 Å². The summed E-state index contributed by atoms with van der Waals surface area (Å²) in [5.41, 5.74) is 1.81. The van der Waals surface area contributed by atoms with Gasteiger partial charge in [-0.25, -0.2) is 18.4 Å². The number of hydrogen-bond donors (Lipinski definition) is 0. The number of aromatic nitrogens is 2. The summed E-state index contributed by atoms with van der Waals surface area (Å²) < 4.78 is 35.5. The van der Waals surface area contributed by atoms with Gasteiger partial charge in [0.05, 0.1) is 12.8 Å². The van der Waals surface area contributed by atoms with E-state index in [0.717, 1.165) is 31.2 Å². The van der Waals surface area contributed by atoms with Gasteiger partial charge in [-0.15, -0.1) is 0 Å². The van der Waals surface area contributed by atoms with Crippen LogP contribution >= 0.6 is 11.3 Å². The molecule has 37 heavy (non-hydrogen) atoms. The van der Waals surface area contributed by atoms with Crippen LogP contribution in [0.2, 0.25) is 0 Å². The first kappa shape index (κ1) is 26.0. The number of amides is 1. The number of carbonyl (C=O) groups is 1. The minimum Gasteiger partial charge on any atom is -0.481 e. The van der Waals surface area contributed by atoms with E-state index in [1.165, 1.54) is 16.2 Å². The molecule has 1 saturated heterocycles. The molecule has 11 heteroatoms. The Morgan fingerprint density at radius 1 is 1.11 bits per heavy atom. The van der Waals surface area contributed by atoms with Gasteiger partial charge in [0.2, 0.25) is 21.8 Å². The Hall–Kier alpha value is -2.60. The molecule has 2 aromatic heterocycles. The average Bonchev–Trinajstić information content (AvgIpc) is 3.58. The molecule has 3 aromatic rings. The van der Waals surface area contributed by atoms with Crippen LogP contribution in [0.4, 0.5) is 10.8 Å². The van der Waals surface area contributed by atoms with E-state index in [4.69, 9.17) is 9.72 Å². The van der Waals surface area contributed by atoms with Crippen molar-refractivity contribution in [3.63, 3.8) is 0 Å². The van der Waals surface area contributed by atoms with Gasteiger partial charge in [-0.2, -0.15) is 4.31 Å². The SMILES string of the molecule is CCC(=O)N(c1nc2ccc(OC)nc2s1)c1cccc(C2CCCC2)c1S(=O)(=O)N1CCN(C)CC1. The lowest BCUT2D eigenvalue weighted by molar-refractivity contribution is -0.117. The molecule has 0 unspecified atom stereocenters. The molecule has 0 radical (unpaired) electrons. The van der Waals surface area contributed by atoms with Crippen LogP contribution in [0, 0.1) is 0 Å². The summed E-state index contributed by atoms with van der Waals surface area (Å²) in [5.74, 6) is 0.388. The zero-order valence-electron chi connectivity index (χ0n) is 21.5. The van der Waals surface area contributed by atoms with Crippen LogP contribution in [0.25, 0.3) is 10.3 Å². The van der Waals surface area contributed by atoms with Crippen molar-refractivity contribution in [2.24, 2.45) is 0 Å². The Morgan fingerprint density at radius 3 is 2.51 bits per heavy atom. The zero-order valence-corrected chi connectivity index (χ0v) is 23.1. The van der Waals surface area contributed by atoms with E-state index < -0.39 is 10.0 Å². The van der Waals surface area contributed by atoms with Crippen molar-refractivity contribution in [3.8, 4) is 5.88 Å². The third-order valence-corrected chi connectivity index (χ3v) is 10.2. The largest absolute Gasteiger partial charge is 0.481 e. The maximum absolute atomic E-state index is 14.3. The monoisotopic (exact) mass is 543 g/mol. The quantitative estimate of drug-likeness (QED) is 0.437. The van der Waals surface area contributed by atoms with E-state index in [-0.39, 0.29) is 23.1 Å². The van der Waals surface area contributed by atoms with Crippen molar-refractivity contribution in [1.82, 2.24) is 19.2 Å². The second-order valence-corrected chi connectivity index (χ2v) is 12.5. The summed E-state index contributed by atoms with van der Waals surface area (Å²) in [6.07, 6.45) is 4.24. The van der Waals surface area contributed by atoms with E-state index in [2.05, 4.69) is 9.88 Å². The Balaban J connectivity index is 1.70. The summed E-state index contributed by atoms with van der Waals surface area (Å²) in [6.45, 7) is 3.96. The molecule has 1 aromatic carbocycles. The molecule has 9 nitrogen and oxygen atoms in total. The Kier molecular flexibility index (Phi) is 7.49. The van der Waals surface area contributed by atoms with Gasteiger partial charge in [0, 0.05) is 38.7 Å². The molecule has 0 spiro atoms. The van der Waals surface area contributed by atoms with E-state index in [0.29, 0.717) is 53.2 Å². The predicted octanol–water partition coefficient (Wildman–Crippen LogP) is 4.37. The standard InChI is InChI=1S/C26H33N5O4S2/c1-4-23(32)31(26-27-20-12-13-22(35-3)28-25(20)36-26)21-11-7-10-19(18-8-5-6-9-18)24(21)37(33,34)30-16-14-29(2)15-17-30/h7,10-13,18H,4-6,8-9,14-17H2,1-3H3. The number of carbonyl (C=O) groups excluding carboxylic acids is 1. The molecule has 3 heterocycles. The second kappa shape index (κ2) is 10.6. The third-order valence-electron chi connectivity index (χ3n) is 7.29. The smallest absolute Gasteiger partial charge is 0.245 e. The molecule has 0 bridgehead atoms. The van der Waals surface area contributed by atoms with Crippen LogP contribution in [-0.4, -0.2) is 73.8 Å². The molecule has 5 rings (SSSR count). The van der Waals surface area contributed by atoms with Crippen molar-refractivity contribution in [2.45, 2.75) is 49.8 Å². The molecule has 2 fully saturated rings. The molecule has 1 aliphatic carbocycles. The normalized spacial score (nSPS) is 17.9. The lowest BCUT2D eigenvalue weighted by Crippen LogP contribution is -2.47. The number of benzene rings is 1. The van der Waals surface area contributed by atoms with Gasteiger partial charge >= 0.3 is 0 Å². The first-order valence-corrected chi connectivity index (χ1v) is 15.0.